The Morgan fingerprint density at radius 2 is 1.83 bits per heavy atom. The van der Waals surface area contributed by atoms with Gasteiger partial charge in [0.1, 0.15) is 5.75 Å². The van der Waals surface area contributed by atoms with Crippen molar-refractivity contribution < 1.29 is 24.5 Å². The molecule has 5 heteroatoms. The summed E-state index contributed by atoms with van der Waals surface area (Å²) in [6, 6.07) is 9.18. The molecule has 0 radical (unpaired) electrons. The fourth-order valence-electron chi connectivity index (χ4n) is 1.54. The van der Waals surface area contributed by atoms with Crippen LogP contribution in [-0.2, 0) is 9.53 Å². The summed E-state index contributed by atoms with van der Waals surface area (Å²) in [5.41, 5.74) is 0.360. The van der Waals surface area contributed by atoms with E-state index in [9.17, 15) is 4.79 Å². The van der Waals surface area contributed by atoms with Crippen LogP contribution in [0.4, 0.5) is 0 Å². The van der Waals surface area contributed by atoms with Gasteiger partial charge < -0.3 is 19.7 Å². The zero-order valence-corrected chi connectivity index (χ0v) is 14.2. The first-order chi connectivity index (χ1) is 10.9. The molecule has 23 heavy (non-hydrogen) atoms. The Bertz CT molecular complexity index is 442. The predicted octanol–water partition coefficient (Wildman–Crippen LogP) is 3.41. The lowest BCUT2D eigenvalue weighted by molar-refractivity contribution is -0.156. The minimum Gasteiger partial charge on any atom is -0.455 e. The zero-order valence-electron chi connectivity index (χ0n) is 14.2. The van der Waals surface area contributed by atoms with Gasteiger partial charge >= 0.3 is 5.97 Å². The third-order valence-corrected chi connectivity index (χ3v) is 2.73. The Kier molecular flexibility index (Phi) is 11.7. The van der Waals surface area contributed by atoms with Gasteiger partial charge in [0.2, 0.25) is 6.29 Å². The molecule has 0 heterocycles. The standard InChI is InChI=1S/C12H14O3.C6H14O2/c1-9(2)12(13)15-10(3)14-11-7-5-4-6-8-11;1-2-3-4-5-6(7)8/h4-8,10H,1H2,2-3H3;6-8H,2-5H2,1H3. The second-order valence-electron chi connectivity index (χ2n) is 5.16. The summed E-state index contributed by atoms with van der Waals surface area (Å²) in [4.78, 5) is 11.1. The van der Waals surface area contributed by atoms with Crippen LogP contribution in [0.15, 0.2) is 42.5 Å². The average Bonchev–Trinajstić information content (AvgIpc) is 2.48. The Morgan fingerprint density at radius 1 is 1.22 bits per heavy atom. The van der Waals surface area contributed by atoms with E-state index in [0.29, 0.717) is 17.7 Å². The van der Waals surface area contributed by atoms with E-state index in [4.69, 9.17) is 19.7 Å². The summed E-state index contributed by atoms with van der Waals surface area (Å²) in [5.74, 6) is 0.220. The van der Waals surface area contributed by atoms with Gasteiger partial charge in [-0.2, -0.15) is 0 Å². The van der Waals surface area contributed by atoms with Crippen LogP contribution in [0.5, 0.6) is 5.75 Å². The van der Waals surface area contributed by atoms with Crippen molar-refractivity contribution in [1.82, 2.24) is 0 Å². The molecule has 1 aromatic rings. The van der Waals surface area contributed by atoms with E-state index in [-0.39, 0.29) is 0 Å². The number of aliphatic hydroxyl groups is 2. The maximum atomic E-state index is 11.1. The van der Waals surface area contributed by atoms with E-state index in [2.05, 4.69) is 13.5 Å². The smallest absolute Gasteiger partial charge is 0.336 e. The molecule has 1 rings (SSSR count). The Hall–Kier alpha value is -1.85. The van der Waals surface area contributed by atoms with Crippen molar-refractivity contribution in [2.24, 2.45) is 0 Å². The van der Waals surface area contributed by atoms with Gasteiger partial charge in [0.25, 0.3) is 0 Å². The van der Waals surface area contributed by atoms with E-state index < -0.39 is 18.5 Å². The molecule has 0 saturated carbocycles. The summed E-state index contributed by atoms with van der Waals surface area (Å²) in [7, 11) is 0. The first kappa shape index (κ1) is 21.1. The molecule has 2 N–H and O–H groups in total. The lowest BCUT2D eigenvalue weighted by atomic mass is 10.2. The molecule has 1 aromatic carbocycles. The van der Waals surface area contributed by atoms with Crippen molar-refractivity contribution in [2.45, 2.75) is 59.0 Å². The van der Waals surface area contributed by atoms with Gasteiger partial charge in [0.15, 0.2) is 6.29 Å². The Labute approximate surface area is 138 Å². The van der Waals surface area contributed by atoms with Crippen LogP contribution in [0.1, 0.15) is 46.5 Å². The minimum atomic E-state index is -1.10. The van der Waals surface area contributed by atoms with Gasteiger partial charge in [-0.25, -0.2) is 4.79 Å². The quantitative estimate of drug-likeness (QED) is 0.332. The highest BCUT2D eigenvalue weighted by atomic mass is 16.7. The van der Waals surface area contributed by atoms with Crippen molar-refractivity contribution in [3.8, 4) is 5.75 Å². The normalized spacial score (nSPS) is 11.2. The molecule has 0 aliphatic rings. The molecule has 0 amide bonds. The second-order valence-corrected chi connectivity index (χ2v) is 5.16. The fraction of sp³-hybridized carbons (Fsp3) is 0.500. The summed E-state index contributed by atoms with van der Waals surface area (Å²) < 4.78 is 10.3. The van der Waals surface area contributed by atoms with Crippen molar-refractivity contribution in [1.29, 1.82) is 0 Å². The molecule has 0 saturated heterocycles. The van der Waals surface area contributed by atoms with Gasteiger partial charge in [0, 0.05) is 12.5 Å². The molecule has 0 fully saturated rings. The van der Waals surface area contributed by atoms with Crippen molar-refractivity contribution >= 4 is 5.97 Å². The molecule has 0 bridgehead atoms. The van der Waals surface area contributed by atoms with E-state index in [1.54, 1.807) is 26.0 Å². The number of unbranched alkanes of at least 4 members (excludes halogenated alkanes) is 2. The molecule has 130 valence electrons. The summed E-state index contributed by atoms with van der Waals surface area (Å²) in [5, 5.41) is 16.7. The van der Waals surface area contributed by atoms with E-state index in [1.165, 1.54) is 0 Å². The number of carbonyl (C=O) groups excluding carboxylic acids is 1. The number of carbonyl (C=O) groups is 1. The highest BCUT2D eigenvalue weighted by molar-refractivity contribution is 5.86. The molecule has 0 aliphatic heterocycles. The monoisotopic (exact) mass is 324 g/mol. The summed E-state index contributed by atoms with van der Waals surface area (Å²) in [6.07, 6.45) is 1.96. The van der Waals surface area contributed by atoms with Gasteiger partial charge in [-0.15, -0.1) is 0 Å². The van der Waals surface area contributed by atoms with Crippen LogP contribution in [0, 0.1) is 0 Å². The fourth-order valence-corrected chi connectivity index (χ4v) is 1.54. The summed E-state index contributed by atoms with van der Waals surface area (Å²) >= 11 is 0. The maximum absolute atomic E-state index is 11.1. The number of hydrogen-bond donors (Lipinski definition) is 2. The van der Waals surface area contributed by atoms with Crippen LogP contribution < -0.4 is 4.74 Å². The Balaban J connectivity index is 0.000000515. The first-order valence-corrected chi connectivity index (χ1v) is 7.81. The van der Waals surface area contributed by atoms with E-state index in [0.717, 1.165) is 19.3 Å². The number of ether oxygens (including phenoxy) is 2. The number of para-hydroxylation sites is 1. The zero-order chi connectivity index (χ0) is 17.7. The van der Waals surface area contributed by atoms with Gasteiger partial charge in [0.05, 0.1) is 0 Å². The van der Waals surface area contributed by atoms with Crippen LogP contribution in [0.2, 0.25) is 0 Å². The van der Waals surface area contributed by atoms with Crippen molar-refractivity contribution in [3.63, 3.8) is 0 Å². The van der Waals surface area contributed by atoms with Crippen molar-refractivity contribution in [3.05, 3.63) is 42.5 Å². The van der Waals surface area contributed by atoms with E-state index >= 15 is 0 Å². The SMILES string of the molecule is C=C(C)C(=O)OC(C)Oc1ccccc1.CCCCCC(O)O. The second kappa shape index (κ2) is 12.7. The Morgan fingerprint density at radius 3 is 2.30 bits per heavy atom. The van der Waals surface area contributed by atoms with Crippen molar-refractivity contribution in [2.75, 3.05) is 0 Å². The highest BCUT2D eigenvalue weighted by Crippen LogP contribution is 2.11. The third kappa shape index (κ3) is 12.4. The van der Waals surface area contributed by atoms with Crippen LogP contribution in [-0.4, -0.2) is 28.8 Å². The van der Waals surface area contributed by atoms with Gasteiger partial charge in [-0.05, 0) is 31.9 Å². The minimum absolute atomic E-state index is 0.360. The molecule has 1 atom stereocenters. The lowest BCUT2D eigenvalue weighted by Crippen LogP contribution is -2.21. The number of benzene rings is 1. The molecule has 5 nitrogen and oxygen atoms in total. The largest absolute Gasteiger partial charge is 0.455 e. The van der Waals surface area contributed by atoms with E-state index in [1.807, 2.05) is 18.2 Å². The summed E-state index contributed by atoms with van der Waals surface area (Å²) in [6.45, 7) is 8.83. The highest BCUT2D eigenvalue weighted by Gasteiger charge is 2.10. The van der Waals surface area contributed by atoms with Crippen LogP contribution in [0.25, 0.3) is 0 Å². The molecular weight excluding hydrogens is 296 g/mol. The first-order valence-electron chi connectivity index (χ1n) is 7.81. The van der Waals surface area contributed by atoms with Crippen LogP contribution >= 0.6 is 0 Å². The number of rotatable bonds is 8. The predicted molar refractivity (Wildman–Crippen MR) is 89.8 cm³/mol. The van der Waals surface area contributed by atoms with Gasteiger partial charge in [-0.1, -0.05) is 44.5 Å². The third-order valence-electron chi connectivity index (χ3n) is 2.73. The number of esters is 1. The molecular formula is C18H28O5. The molecule has 0 aromatic heterocycles. The number of hydrogen-bond acceptors (Lipinski definition) is 5. The topological polar surface area (TPSA) is 76.0 Å². The van der Waals surface area contributed by atoms with Gasteiger partial charge in [-0.3, -0.25) is 0 Å². The average molecular weight is 324 g/mol. The van der Waals surface area contributed by atoms with Crippen LogP contribution in [0.3, 0.4) is 0 Å². The lowest BCUT2D eigenvalue weighted by Gasteiger charge is -2.14. The maximum Gasteiger partial charge on any atom is 0.336 e. The molecule has 0 spiro atoms. The molecule has 1 unspecified atom stereocenters. The number of aliphatic hydroxyl groups excluding tert-OH is 1. The molecule has 0 aliphatic carbocycles.